The topological polar surface area (TPSA) is 98.8 Å². The number of rotatable bonds is 8. The molecule has 2 N–H and O–H groups in total. The van der Waals surface area contributed by atoms with Gasteiger partial charge in [0.2, 0.25) is 21.8 Å². The lowest BCUT2D eigenvalue weighted by Crippen LogP contribution is -2.45. The van der Waals surface area contributed by atoms with Crippen LogP contribution in [0.25, 0.3) is 0 Å². The van der Waals surface area contributed by atoms with Crippen LogP contribution in [0, 0.1) is 5.92 Å². The third kappa shape index (κ3) is 6.25. The van der Waals surface area contributed by atoms with Crippen molar-refractivity contribution in [2.45, 2.75) is 44.6 Å². The van der Waals surface area contributed by atoms with Gasteiger partial charge in [-0.1, -0.05) is 0 Å². The number of sulfonamides is 1. The number of hydrogen-bond acceptors (Lipinski definition) is 5. The first-order valence-corrected chi connectivity index (χ1v) is 11.5. The van der Waals surface area contributed by atoms with Gasteiger partial charge >= 0.3 is 0 Å². The van der Waals surface area contributed by atoms with E-state index in [1.807, 2.05) is 25.7 Å². The molecular formula is C20H32N4O4S. The number of nitrogens with one attached hydrogen (secondary N) is 2. The summed E-state index contributed by atoms with van der Waals surface area (Å²) in [5.41, 5.74) is 0.540. The summed E-state index contributed by atoms with van der Waals surface area (Å²) < 4.78 is 26.3. The van der Waals surface area contributed by atoms with Gasteiger partial charge in [-0.3, -0.25) is 14.5 Å². The predicted molar refractivity (Wildman–Crippen MR) is 113 cm³/mol. The molecule has 0 saturated carbocycles. The molecule has 1 aliphatic rings. The molecule has 162 valence electrons. The molecule has 0 bridgehead atoms. The normalized spacial score (nSPS) is 18.1. The summed E-state index contributed by atoms with van der Waals surface area (Å²) in [5.74, 6) is -0.226. The largest absolute Gasteiger partial charge is 0.356 e. The van der Waals surface area contributed by atoms with Crippen molar-refractivity contribution >= 4 is 27.5 Å². The molecule has 2 amide bonds. The zero-order valence-electron chi connectivity index (χ0n) is 17.6. The fourth-order valence-electron chi connectivity index (χ4n) is 3.29. The number of nitrogens with zero attached hydrogens (tertiary/aromatic N) is 2. The second-order valence-corrected chi connectivity index (χ2v) is 9.65. The van der Waals surface area contributed by atoms with Crippen molar-refractivity contribution < 1.29 is 18.0 Å². The lowest BCUT2D eigenvalue weighted by Gasteiger charge is -2.31. The molecule has 1 heterocycles. The van der Waals surface area contributed by atoms with Crippen molar-refractivity contribution in [3.63, 3.8) is 0 Å². The highest BCUT2D eigenvalue weighted by molar-refractivity contribution is 7.89. The lowest BCUT2D eigenvalue weighted by atomic mass is 9.97. The van der Waals surface area contributed by atoms with Gasteiger partial charge in [-0.25, -0.2) is 8.42 Å². The minimum Gasteiger partial charge on any atom is -0.356 e. The van der Waals surface area contributed by atoms with Crippen LogP contribution in [0.4, 0.5) is 5.69 Å². The van der Waals surface area contributed by atoms with E-state index in [0.717, 1.165) is 19.4 Å². The third-order valence-corrected chi connectivity index (χ3v) is 7.18. The standard InChI is InChI=1S/C20H32N4O4S/c1-5-21-20(26)16-7-6-12-24(13-16)14-19(25)22-17-8-10-18(11-9-17)29(27,28)23(4)15(2)3/h8-11,15-16H,5-7,12-14H2,1-4H3,(H,21,26)(H,22,25). The highest BCUT2D eigenvalue weighted by Crippen LogP contribution is 2.20. The quantitative estimate of drug-likeness (QED) is 0.659. The minimum atomic E-state index is -3.55. The summed E-state index contributed by atoms with van der Waals surface area (Å²) in [6.45, 7) is 7.66. The maximum Gasteiger partial charge on any atom is 0.243 e. The first-order chi connectivity index (χ1) is 13.6. The number of piperidine rings is 1. The van der Waals surface area contributed by atoms with Crippen LogP contribution >= 0.6 is 0 Å². The van der Waals surface area contributed by atoms with Crippen LogP contribution in [0.2, 0.25) is 0 Å². The van der Waals surface area contributed by atoms with Crippen LogP contribution in [-0.2, 0) is 19.6 Å². The van der Waals surface area contributed by atoms with E-state index in [9.17, 15) is 18.0 Å². The second-order valence-electron chi connectivity index (χ2n) is 7.66. The second kappa shape index (κ2) is 10.2. The molecule has 8 nitrogen and oxygen atoms in total. The molecule has 2 rings (SSSR count). The zero-order valence-corrected chi connectivity index (χ0v) is 18.5. The highest BCUT2D eigenvalue weighted by Gasteiger charge is 2.26. The minimum absolute atomic E-state index is 0.0424. The van der Waals surface area contributed by atoms with E-state index in [4.69, 9.17) is 0 Å². The van der Waals surface area contributed by atoms with E-state index in [0.29, 0.717) is 18.8 Å². The smallest absolute Gasteiger partial charge is 0.243 e. The van der Waals surface area contributed by atoms with Gasteiger partial charge in [0.25, 0.3) is 0 Å². The summed E-state index contributed by atoms with van der Waals surface area (Å²) in [4.78, 5) is 26.6. The number of amides is 2. The Balaban J connectivity index is 1.93. The van der Waals surface area contributed by atoms with Crippen LogP contribution < -0.4 is 10.6 Å². The SMILES string of the molecule is CCNC(=O)C1CCCN(CC(=O)Nc2ccc(S(=O)(=O)N(C)C(C)C)cc2)C1. The molecule has 0 aliphatic carbocycles. The molecule has 0 spiro atoms. The molecule has 9 heteroatoms. The molecule has 1 atom stereocenters. The number of benzene rings is 1. The molecule has 1 aliphatic heterocycles. The highest BCUT2D eigenvalue weighted by atomic mass is 32.2. The van der Waals surface area contributed by atoms with Crippen molar-refractivity contribution in [1.82, 2.24) is 14.5 Å². The van der Waals surface area contributed by atoms with Crippen LogP contribution in [0.1, 0.15) is 33.6 Å². The van der Waals surface area contributed by atoms with Crippen LogP contribution in [0.5, 0.6) is 0 Å². The Labute approximate surface area is 173 Å². The zero-order chi connectivity index (χ0) is 21.6. The van der Waals surface area contributed by atoms with Gasteiger partial charge in [0.1, 0.15) is 0 Å². The third-order valence-electron chi connectivity index (χ3n) is 5.14. The van der Waals surface area contributed by atoms with Gasteiger partial charge in [0.05, 0.1) is 17.4 Å². The molecule has 0 radical (unpaired) electrons. The average Bonchev–Trinajstić information content (AvgIpc) is 2.68. The fraction of sp³-hybridized carbons (Fsp3) is 0.600. The first-order valence-electron chi connectivity index (χ1n) is 10.0. The van der Waals surface area contributed by atoms with Crippen molar-refractivity contribution in [3.05, 3.63) is 24.3 Å². The number of carbonyl (C=O) groups excluding carboxylic acids is 2. The number of anilines is 1. The number of hydrogen-bond donors (Lipinski definition) is 2. The van der Waals surface area contributed by atoms with Gasteiger partial charge in [0, 0.05) is 31.9 Å². The monoisotopic (exact) mass is 424 g/mol. The summed E-state index contributed by atoms with van der Waals surface area (Å²) in [6.07, 6.45) is 1.72. The number of carbonyl (C=O) groups is 2. The van der Waals surface area contributed by atoms with E-state index in [2.05, 4.69) is 10.6 Å². The Morgan fingerprint density at radius 3 is 2.48 bits per heavy atom. The summed E-state index contributed by atoms with van der Waals surface area (Å²) in [7, 11) is -2.01. The van der Waals surface area contributed by atoms with Crippen molar-refractivity contribution in [2.75, 3.05) is 38.5 Å². The van der Waals surface area contributed by atoms with E-state index >= 15 is 0 Å². The molecular weight excluding hydrogens is 392 g/mol. The Bertz CT molecular complexity index is 808. The summed E-state index contributed by atoms with van der Waals surface area (Å²) >= 11 is 0. The van der Waals surface area contributed by atoms with Gasteiger partial charge < -0.3 is 10.6 Å². The van der Waals surface area contributed by atoms with Gasteiger partial charge in [-0.05, 0) is 64.4 Å². The molecule has 0 aromatic heterocycles. The average molecular weight is 425 g/mol. The summed E-state index contributed by atoms with van der Waals surface area (Å²) in [5, 5.41) is 5.64. The molecule has 1 saturated heterocycles. The van der Waals surface area contributed by atoms with E-state index in [1.165, 1.54) is 16.4 Å². The maximum absolute atomic E-state index is 12.5. The predicted octanol–water partition coefficient (Wildman–Crippen LogP) is 1.50. The number of likely N-dealkylation sites (tertiary alicyclic amines) is 1. The van der Waals surface area contributed by atoms with Crippen LogP contribution in [0.3, 0.4) is 0 Å². The molecule has 29 heavy (non-hydrogen) atoms. The van der Waals surface area contributed by atoms with E-state index in [-0.39, 0.29) is 35.2 Å². The van der Waals surface area contributed by atoms with Gasteiger partial charge in [0.15, 0.2) is 0 Å². The van der Waals surface area contributed by atoms with Crippen molar-refractivity contribution in [1.29, 1.82) is 0 Å². The van der Waals surface area contributed by atoms with Crippen LogP contribution in [0.15, 0.2) is 29.2 Å². The van der Waals surface area contributed by atoms with Crippen LogP contribution in [-0.4, -0.2) is 68.7 Å². The van der Waals surface area contributed by atoms with E-state index < -0.39 is 10.0 Å². The first kappa shape index (κ1) is 23.3. The van der Waals surface area contributed by atoms with E-state index in [1.54, 1.807) is 19.2 Å². The van der Waals surface area contributed by atoms with Crippen molar-refractivity contribution in [2.24, 2.45) is 5.92 Å². The van der Waals surface area contributed by atoms with Crippen molar-refractivity contribution in [3.8, 4) is 0 Å². The van der Waals surface area contributed by atoms with Gasteiger partial charge in [-0.2, -0.15) is 4.31 Å². The Kier molecular flexibility index (Phi) is 8.18. The molecule has 1 aromatic carbocycles. The molecule has 1 aromatic rings. The Morgan fingerprint density at radius 2 is 1.90 bits per heavy atom. The Hall–Kier alpha value is -1.97. The summed E-state index contributed by atoms with van der Waals surface area (Å²) in [6, 6.07) is 6.03. The van der Waals surface area contributed by atoms with Gasteiger partial charge in [-0.15, -0.1) is 0 Å². The maximum atomic E-state index is 12.5. The lowest BCUT2D eigenvalue weighted by molar-refractivity contribution is -0.127. The molecule has 1 fully saturated rings. The fourth-order valence-corrected chi connectivity index (χ4v) is 4.66. The molecule has 1 unspecified atom stereocenters. The Morgan fingerprint density at radius 1 is 1.24 bits per heavy atom.